The van der Waals surface area contributed by atoms with Gasteiger partial charge in [0, 0.05) is 39.0 Å². The van der Waals surface area contributed by atoms with Crippen LogP contribution in [-0.2, 0) is 11.3 Å². The molecule has 1 aliphatic rings. The zero-order chi connectivity index (χ0) is 14.2. The zero-order valence-electron chi connectivity index (χ0n) is 12.9. The Hall–Kier alpha value is -1.06. The summed E-state index contributed by atoms with van der Waals surface area (Å²) in [5.74, 6) is 0.922. The maximum Gasteiger partial charge on any atom is 0.0587 e. The fourth-order valence-corrected chi connectivity index (χ4v) is 2.64. The number of ether oxygens (including phenoxy) is 1. The molecule has 2 rings (SSSR count). The Bertz CT molecular complexity index is 373. The van der Waals surface area contributed by atoms with E-state index in [0.717, 1.165) is 32.2 Å². The molecule has 1 saturated carbocycles. The monoisotopic (exact) mass is 276 g/mol. The summed E-state index contributed by atoms with van der Waals surface area (Å²) in [4.78, 5) is 2.51. The van der Waals surface area contributed by atoms with Gasteiger partial charge in [-0.3, -0.25) is 0 Å². The Morgan fingerprint density at radius 1 is 1.25 bits per heavy atom. The van der Waals surface area contributed by atoms with Crippen molar-refractivity contribution >= 4 is 5.69 Å². The summed E-state index contributed by atoms with van der Waals surface area (Å²) in [5, 5.41) is 3.38. The standard InChI is InChI=1S/C17H28N2O/c1-3-19(14-16-5-4-6-16)17-9-7-15(8-10-17)13-18-11-12-20-2/h7-10,16,18H,3-6,11-14H2,1-2H3. The van der Waals surface area contributed by atoms with Crippen molar-refractivity contribution in [3.05, 3.63) is 29.8 Å². The van der Waals surface area contributed by atoms with Gasteiger partial charge in [0.2, 0.25) is 0 Å². The van der Waals surface area contributed by atoms with E-state index in [1.807, 2.05) is 0 Å². The fourth-order valence-electron chi connectivity index (χ4n) is 2.64. The first-order valence-corrected chi connectivity index (χ1v) is 7.87. The van der Waals surface area contributed by atoms with Gasteiger partial charge < -0.3 is 15.0 Å². The first kappa shape index (κ1) is 15.3. The van der Waals surface area contributed by atoms with Crippen LogP contribution in [0.4, 0.5) is 5.69 Å². The van der Waals surface area contributed by atoms with Gasteiger partial charge >= 0.3 is 0 Å². The van der Waals surface area contributed by atoms with Crippen LogP contribution in [0.1, 0.15) is 31.7 Å². The van der Waals surface area contributed by atoms with Gasteiger partial charge in [-0.25, -0.2) is 0 Å². The normalized spacial score (nSPS) is 15.1. The van der Waals surface area contributed by atoms with E-state index < -0.39 is 0 Å². The summed E-state index contributed by atoms with van der Waals surface area (Å²) in [6, 6.07) is 8.99. The number of methoxy groups -OCH3 is 1. The molecule has 0 spiro atoms. The summed E-state index contributed by atoms with van der Waals surface area (Å²) in [7, 11) is 1.73. The highest BCUT2D eigenvalue weighted by atomic mass is 16.5. The SMILES string of the molecule is CCN(CC1CCC1)c1ccc(CNCCOC)cc1. The average Bonchev–Trinajstić information content (AvgIpc) is 2.44. The van der Waals surface area contributed by atoms with Crippen LogP contribution in [0, 0.1) is 5.92 Å². The number of anilines is 1. The molecular formula is C17H28N2O. The molecule has 1 aromatic carbocycles. The van der Waals surface area contributed by atoms with Crippen LogP contribution in [-0.4, -0.2) is 33.4 Å². The lowest BCUT2D eigenvalue weighted by Crippen LogP contribution is -2.32. The van der Waals surface area contributed by atoms with Crippen LogP contribution in [0.25, 0.3) is 0 Å². The Morgan fingerprint density at radius 2 is 2.00 bits per heavy atom. The molecule has 0 heterocycles. The lowest BCUT2D eigenvalue weighted by Gasteiger charge is -2.33. The van der Waals surface area contributed by atoms with Crippen LogP contribution in [0.15, 0.2) is 24.3 Å². The van der Waals surface area contributed by atoms with Crippen molar-refractivity contribution in [3.8, 4) is 0 Å². The highest BCUT2D eigenvalue weighted by molar-refractivity contribution is 5.47. The van der Waals surface area contributed by atoms with Crippen molar-refractivity contribution in [2.75, 3.05) is 38.3 Å². The zero-order valence-corrected chi connectivity index (χ0v) is 12.9. The largest absolute Gasteiger partial charge is 0.383 e. The predicted molar refractivity (Wildman–Crippen MR) is 85.3 cm³/mol. The van der Waals surface area contributed by atoms with Crippen molar-refractivity contribution < 1.29 is 4.74 Å². The Morgan fingerprint density at radius 3 is 2.55 bits per heavy atom. The molecule has 1 fully saturated rings. The molecule has 0 radical (unpaired) electrons. The van der Waals surface area contributed by atoms with Gasteiger partial charge in [0.25, 0.3) is 0 Å². The molecule has 0 saturated heterocycles. The van der Waals surface area contributed by atoms with Crippen LogP contribution in [0.3, 0.4) is 0 Å². The quantitative estimate of drug-likeness (QED) is 0.702. The molecule has 3 nitrogen and oxygen atoms in total. The first-order chi connectivity index (χ1) is 9.83. The number of benzene rings is 1. The third-order valence-electron chi connectivity index (χ3n) is 4.20. The predicted octanol–water partition coefficient (Wildman–Crippen LogP) is 3.05. The number of rotatable bonds is 9. The minimum atomic E-state index is 0.767. The lowest BCUT2D eigenvalue weighted by atomic mass is 9.85. The number of nitrogens with zero attached hydrogens (tertiary/aromatic N) is 1. The van der Waals surface area contributed by atoms with E-state index in [-0.39, 0.29) is 0 Å². The molecule has 20 heavy (non-hydrogen) atoms. The van der Waals surface area contributed by atoms with Gasteiger partial charge in [-0.1, -0.05) is 18.6 Å². The van der Waals surface area contributed by atoms with E-state index in [1.165, 1.54) is 37.1 Å². The molecule has 1 N–H and O–H groups in total. The second-order valence-corrected chi connectivity index (χ2v) is 5.67. The summed E-state index contributed by atoms with van der Waals surface area (Å²) in [6.45, 7) is 7.16. The first-order valence-electron chi connectivity index (χ1n) is 7.87. The van der Waals surface area contributed by atoms with Gasteiger partial charge in [0.05, 0.1) is 6.61 Å². The Labute approximate surface area is 123 Å². The van der Waals surface area contributed by atoms with E-state index >= 15 is 0 Å². The van der Waals surface area contributed by atoms with E-state index in [1.54, 1.807) is 7.11 Å². The van der Waals surface area contributed by atoms with Crippen molar-refractivity contribution in [1.29, 1.82) is 0 Å². The van der Waals surface area contributed by atoms with Crippen molar-refractivity contribution in [3.63, 3.8) is 0 Å². The third-order valence-corrected chi connectivity index (χ3v) is 4.20. The Balaban J connectivity index is 1.82. The molecule has 0 aliphatic heterocycles. The Kier molecular flexibility index (Phi) is 6.34. The molecule has 3 heteroatoms. The molecular weight excluding hydrogens is 248 g/mol. The summed E-state index contributed by atoms with van der Waals surface area (Å²) < 4.78 is 5.03. The summed E-state index contributed by atoms with van der Waals surface area (Å²) >= 11 is 0. The molecule has 1 aliphatic carbocycles. The fraction of sp³-hybridized carbons (Fsp3) is 0.647. The number of hydrogen-bond donors (Lipinski definition) is 1. The molecule has 112 valence electrons. The van der Waals surface area contributed by atoms with Gasteiger partial charge in [-0.15, -0.1) is 0 Å². The van der Waals surface area contributed by atoms with E-state index in [4.69, 9.17) is 4.74 Å². The molecule has 0 unspecified atom stereocenters. The van der Waals surface area contributed by atoms with Gasteiger partial charge in [-0.05, 0) is 43.4 Å². The minimum Gasteiger partial charge on any atom is -0.383 e. The molecule has 0 aromatic heterocycles. The molecule has 0 bridgehead atoms. The summed E-state index contributed by atoms with van der Waals surface area (Å²) in [5.41, 5.74) is 2.70. The van der Waals surface area contributed by atoms with Crippen LogP contribution in [0.5, 0.6) is 0 Å². The topological polar surface area (TPSA) is 24.5 Å². The smallest absolute Gasteiger partial charge is 0.0587 e. The van der Waals surface area contributed by atoms with Gasteiger partial charge in [0.1, 0.15) is 0 Å². The number of nitrogens with one attached hydrogen (secondary N) is 1. The van der Waals surface area contributed by atoms with Crippen LogP contribution in [0.2, 0.25) is 0 Å². The van der Waals surface area contributed by atoms with E-state index in [9.17, 15) is 0 Å². The molecule has 1 aromatic rings. The van der Waals surface area contributed by atoms with Crippen LogP contribution >= 0.6 is 0 Å². The van der Waals surface area contributed by atoms with Crippen molar-refractivity contribution in [2.24, 2.45) is 5.92 Å². The molecule has 0 atom stereocenters. The highest BCUT2D eigenvalue weighted by Gasteiger charge is 2.20. The van der Waals surface area contributed by atoms with Gasteiger partial charge in [0.15, 0.2) is 0 Å². The van der Waals surface area contributed by atoms with Gasteiger partial charge in [-0.2, -0.15) is 0 Å². The third kappa shape index (κ3) is 4.50. The maximum absolute atomic E-state index is 5.03. The average molecular weight is 276 g/mol. The molecule has 0 amide bonds. The number of hydrogen-bond acceptors (Lipinski definition) is 3. The van der Waals surface area contributed by atoms with Crippen molar-refractivity contribution in [1.82, 2.24) is 5.32 Å². The minimum absolute atomic E-state index is 0.767. The van der Waals surface area contributed by atoms with Crippen LogP contribution < -0.4 is 10.2 Å². The second kappa shape index (κ2) is 8.28. The van der Waals surface area contributed by atoms with E-state index in [0.29, 0.717) is 0 Å². The van der Waals surface area contributed by atoms with Crippen molar-refractivity contribution in [2.45, 2.75) is 32.7 Å². The second-order valence-electron chi connectivity index (χ2n) is 5.67. The lowest BCUT2D eigenvalue weighted by molar-refractivity contribution is 0.199. The highest BCUT2D eigenvalue weighted by Crippen LogP contribution is 2.28. The summed E-state index contributed by atoms with van der Waals surface area (Å²) in [6.07, 6.45) is 4.25. The maximum atomic E-state index is 5.03. The van der Waals surface area contributed by atoms with E-state index in [2.05, 4.69) is 41.4 Å².